The van der Waals surface area contributed by atoms with Crippen LogP contribution in [0, 0.1) is 12.8 Å². The highest BCUT2D eigenvalue weighted by atomic mass is 16.5. The molecule has 0 radical (unpaired) electrons. The second-order valence-corrected chi connectivity index (χ2v) is 9.40. The van der Waals surface area contributed by atoms with Crippen LogP contribution in [0.2, 0.25) is 0 Å². The summed E-state index contributed by atoms with van der Waals surface area (Å²) in [6.07, 6.45) is 3.24. The first-order chi connectivity index (χ1) is 17.7. The lowest BCUT2D eigenvalue weighted by atomic mass is 9.94. The fraction of sp³-hybridized carbons (Fsp3) is 0.276. The average Bonchev–Trinajstić information content (AvgIpc) is 3.13. The highest BCUT2D eigenvalue weighted by molar-refractivity contribution is 6.46. The molecule has 1 aliphatic rings. The fourth-order valence-corrected chi connectivity index (χ4v) is 4.31. The number of methoxy groups -OCH3 is 1. The van der Waals surface area contributed by atoms with Crippen molar-refractivity contribution < 1.29 is 29.3 Å². The Kier molecular flexibility index (Phi) is 7.47. The third-order valence-corrected chi connectivity index (χ3v) is 6.16. The summed E-state index contributed by atoms with van der Waals surface area (Å²) in [7, 11) is 1.41. The lowest BCUT2D eigenvalue weighted by Gasteiger charge is -2.26. The Bertz CT molecular complexity index is 1350. The highest BCUT2D eigenvalue weighted by Gasteiger charge is 2.46. The van der Waals surface area contributed by atoms with E-state index in [9.17, 15) is 19.8 Å². The second kappa shape index (κ2) is 10.7. The molecule has 2 aromatic carbocycles. The molecule has 192 valence electrons. The first-order valence-electron chi connectivity index (χ1n) is 12.0. The summed E-state index contributed by atoms with van der Waals surface area (Å²) in [5.74, 6) is -0.683. The number of phenolic OH excluding ortho intramolecular Hbond substituents is 1. The Labute approximate surface area is 215 Å². The zero-order valence-corrected chi connectivity index (χ0v) is 21.3. The van der Waals surface area contributed by atoms with E-state index < -0.39 is 17.7 Å². The molecule has 1 fully saturated rings. The molecule has 0 spiro atoms. The average molecular weight is 503 g/mol. The number of aliphatic hydroxyl groups is 1. The minimum absolute atomic E-state index is 0.0446. The molecule has 1 amide bonds. The maximum absolute atomic E-state index is 13.3. The Hall–Kier alpha value is -4.33. The van der Waals surface area contributed by atoms with E-state index in [1.54, 1.807) is 54.9 Å². The van der Waals surface area contributed by atoms with E-state index in [1.165, 1.54) is 18.1 Å². The van der Waals surface area contributed by atoms with Crippen molar-refractivity contribution in [3.05, 3.63) is 88.8 Å². The number of aryl methyl sites for hydroxylation is 1. The normalized spacial score (nSPS) is 16.9. The van der Waals surface area contributed by atoms with Crippen LogP contribution in [-0.2, 0) is 16.1 Å². The van der Waals surface area contributed by atoms with Crippen molar-refractivity contribution in [3.63, 3.8) is 0 Å². The van der Waals surface area contributed by atoms with Crippen LogP contribution in [0.3, 0.4) is 0 Å². The molecular formula is C29H30N2O6. The number of aromatic hydroxyl groups is 1. The van der Waals surface area contributed by atoms with E-state index in [4.69, 9.17) is 9.47 Å². The number of ketones is 1. The van der Waals surface area contributed by atoms with Crippen LogP contribution in [0.4, 0.5) is 0 Å². The molecule has 8 nitrogen and oxygen atoms in total. The number of Topliss-reactive ketones (excluding diaryl/α,β-unsaturated/α-hetero) is 1. The zero-order chi connectivity index (χ0) is 26.7. The third-order valence-electron chi connectivity index (χ3n) is 6.16. The number of phenols is 1. The van der Waals surface area contributed by atoms with Gasteiger partial charge in [0.05, 0.1) is 25.3 Å². The number of hydrogen-bond donors (Lipinski definition) is 2. The van der Waals surface area contributed by atoms with Gasteiger partial charge in [0.25, 0.3) is 11.7 Å². The summed E-state index contributed by atoms with van der Waals surface area (Å²) in [6, 6.07) is 12.4. The topological polar surface area (TPSA) is 109 Å². The van der Waals surface area contributed by atoms with Gasteiger partial charge in [-0.25, -0.2) is 0 Å². The number of aliphatic hydroxyl groups excluding tert-OH is 1. The number of pyridine rings is 1. The van der Waals surface area contributed by atoms with E-state index in [1.807, 2.05) is 6.92 Å². The van der Waals surface area contributed by atoms with Crippen LogP contribution in [-0.4, -0.2) is 45.5 Å². The summed E-state index contributed by atoms with van der Waals surface area (Å²) < 4.78 is 11.1. The van der Waals surface area contributed by atoms with Crippen LogP contribution in [0.5, 0.6) is 17.2 Å². The van der Waals surface area contributed by atoms with E-state index in [0.717, 1.165) is 11.1 Å². The van der Waals surface area contributed by atoms with Gasteiger partial charge in [-0.15, -0.1) is 0 Å². The third kappa shape index (κ3) is 5.28. The van der Waals surface area contributed by atoms with Crippen molar-refractivity contribution in [1.82, 2.24) is 9.88 Å². The summed E-state index contributed by atoms with van der Waals surface area (Å²) >= 11 is 0. The largest absolute Gasteiger partial charge is 0.507 e. The number of amides is 1. The SMILES string of the molecule is COc1cc([C@H]2/C(=C(\O)c3ccc(OCC(C)C)c(C)c3)C(=O)C(=O)N2Cc2cccnc2)ccc1O. The highest BCUT2D eigenvalue weighted by Crippen LogP contribution is 2.42. The maximum atomic E-state index is 13.3. The van der Waals surface area contributed by atoms with E-state index in [0.29, 0.717) is 29.4 Å². The van der Waals surface area contributed by atoms with Crippen molar-refractivity contribution in [3.8, 4) is 17.2 Å². The first-order valence-corrected chi connectivity index (χ1v) is 12.0. The van der Waals surface area contributed by atoms with Gasteiger partial charge in [-0.1, -0.05) is 26.0 Å². The number of benzene rings is 2. The number of likely N-dealkylation sites (tertiary alicyclic amines) is 1. The number of aromatic nitrogens is 1. The molecule has 0 bridgehead atoms. The van der Waals surface area contributed by atoms with Gasteiger partial charge in [0, 0.05) is 24.5 Å². The van der Waals surface area contributed by atoms with Gasteiger partial charge in [-0.3, -0.25) is 14.6 Å². The molecule has 1 aliphatic heterocycles. The Morgan fingerprint density at radius 3 is 2.54 bits per heavy atom. The second-order valence-electron chi connectivity index (χ2n) is 9.40. The quantitative estimate of drug-likeness (QED) is 0.260. The summed E-state index contributed by atoms with van der Waals surface area (Å²) in [5, 5.41) is 21.5. The van der Waals surface area contributed by atoms with E-state index in [-0.39, 0.29) is 29.4 Å². The molecule has 0 saturated carbocycles. The summed E-state index contributed by atoms with van der Waals surface area (Å²) in [5.41, 5.74) is 2.37. The molecule has 37 heavy (non-hydrogen) atoms. The number of ether oxygens (including phenoxy) is 2. The molecule has 2 N–H and O–H groups in total. The molecule has 1 atom stereocenters. The summed E-state index contributed by atoms with van der Waals surface area (Å²) in [6.45, 7) is 6.62. The zero-order valence-electron chi connectivity index (χ0n) is 21.3. The van der Waals surface area contributed by atoms with Crippen LogP contribution in [0.25, 0.3) is 5.76 Å². The molecule has 8 heteroatoms. The number of hydrogen-bond acceptors (Lipinski definition) is 7. The number of nitrogens with zero attached hydrogens (tertiary/aromatic N) is 2. The number of carbonyl (C=O) groups excluding carboxylic acids is 2. The molecule has 1 aromatic heterocycles. The minimum Gasteiger partial charge on any atom is -0.507 e. The molecule has 4 rings (SSSR count). The molecule has 0 aliphatic carbocycles. The van der Waals surface area contributed by atoms with Crippen LogP contribution in [0.1, 0.15) is 42.1 Å². The Morgan fingerprint density at radius 1 is 1.11 bits per heavy atom. The van der Waals surface area contributed by atoms with E-state index >= 15 is 0 Å². The lowest BCUT2D eigenvalue weighted by Crippen LogP contribution is -2.29. The van der Waals surface area contributed by atoms with Crippen molar-refractivity contribution >= 4 is 17.4 Å². The lowest BCUT2D eigenvalue weighted by molar-refractivity contribution is -0.140. The molecule has 0 unspecified atom stereocenters. The molecule has 3 aromatic rings. The number of carbonyl (C=O) groups is 2. The van der Waals surface area contributed by atoms with Gasteiger partial charge in [0.2, 0.25) is 0 Å². The monoisotopic (exact) mass is 502 g/mol. The predicted molar refractivity (Wildman–Crippen MR) is 138 cm³/mol. The van der Waals surface area contributed by atoms with Crippen molar-refractivity contribution in [2.24, 2.45) is 5.92 Å². The molecule has 2 heterocycles. The van der Waals surface area contributed by atoms with Gasteiger partial charge in [0.15, 0.2) is 11.5 Å². The van der Waals surface area contributed by atoms with Gasteiger partial charge in [-0.2, -0.15) is 0 Å². The predicted octanol–water partition coefficient (Wildman–Crippen LogP) is 4.76. The van der Waals surface area contributed by atoms with Crippen LogP contribution >= 0.6 is 0 Å². The minimum atomic E-state index is -0.910. The van der Waals surface area contributed by atoms with Gasteiger partial charge < -0.3 is 24.6 Å². The molecular weight excluding hydrogens is 472 g/mol. The van der Waals surface area contributed by atoms with Crippen molar-refractivity contribution in [2.75, 3.05) is 13.7 Å². The fourth-order valence-electron chi connectivity index (χ4n) is 4.31. The van der Waals surface area contributed by atoms with Crippen molar-refractivity contribution in [2.45, 2.75) is 33.4 Å². The standard InChI is InChI=1S/C29H30N2O6/c1-17(2)16-37-23-10-8-21(12-18(23)3)27(33)25-26(20-7-9-22(32)24(13-20)36-4)31(29(35)28(25)34)15-19-6-5-11-30-14-19/h5-14,17,26,32-33H,15-16H2,1-4H3/b27-25+/t26-/m0/s1. The summed E-state index contributed by atoms with van der Waals surface area (Å²) in [4.78, 5) is 32.1. The van der Waals surface area contributed by atoms with Gasteiger partial charge >= 0.3 is 0 Å². The Morgan fingerprint density at radius 2 is 1.89 bits per heavy atom. The number of rotatable bonds is 8. The first kappa shape index (κ1) is 25.8. The maximum Gasteiger partial charge on any atom is 0.295 e. The molecule has 1 saturated heterocycles. The van der Waals surface area contributed by atoms with Crippen molar-refractivity contribution in [1.29, 1.82) is 0 Å². The van der Waals surface area contributed by atoms with Gasteiger partial charge in [-0.05, 0) is 65.9 Å². The smallest absolute Gasteiger partial charge is 0.295 e. The van der Waals surface area contributed by atoms with E-state index in [2.05, 4.69) is 18.8 Å². The van der Waals surface area contributed by atoms with Crippen LogP contribution in [0.15, 0.2) is 66.5 Å². The Balaban J connectivity index is 1.82. The van der Waals surface area contributed by atoms with Crippen LogP contribution < -0.4 is 9.47 Å². The van der Waals surface area contributed by atoms with Gasteiger partial charge in [0.1, 0.15) is 11.5 Å².